The molecule has 1 saturated heterocycles. The molecule has 1 aliphatic heterocycles. The maximum absolute atomic E-state index is 12.2. The molecular weight excluding hydrogens is 330 g/mol. The Balaban J connectivity index is 1.44. The molecular formula is C20H27N3OS. The summed E-state index contributed by atoms with van der Waals surface area (Å²) in [5.74, 6) is 0.566. The molecule has 0 spiro atoms. The topological polar surface area (TPSA) is 45.2 Å². The van der Waals surface area contributed by atoms with Crippen molar-refractivity contribution < 1.29 is 4.79 Å². The smallest absolute Gasteiger partial charge is 0.270 e. The van der Waals surface area contributed by atoms with Crippen LogP contribution in [0.25, 0.3) is 0 Å². The van der Waals surface area contributed by atoms with Crippen LogP contribution in [0, 0.1) is 0 Å². The summed E-state index contributed by atoms with van der Waals surface area (Å²) in [4.78, 5) is 19.1. The quantitative estimate of drug-likeness (QED) is 0.822. The monoisotopic (exact) mass is 357 g/mol. The van der Waals surface area contributed by atoms with Crippen LogP contribution >= 0.6 is 11.3 Å². The number of aromatic nitrogens is 1. The summed E-state index contributed by atoms with van der Waals surface area (Å²) < 4.78 is 0. The van der Waals surface area contributed by atoms with Gasteiger partial charge in [0.05, 0.1) is 5.01 Å². The van der Waals surface area contributed by atoms with Crippen molar-refractivity contribution in [3.05, 3.63) is 52.0 Å². The van der Waals surface area contributed by atoms with Crippen molar-refractivity contribution >= 4 is 17.2 Å². The number of benzene rings is 1. The van der Waals surface area contributed by atoms with Gasteiger partial charge < -0.3 is 10.2 Å². The molecule has 1 aliphatic rings. The van der Waals surface area contributed by atoms with Crippen molar-refractivity contribution in [2.45, 2.75) is 38.5 Å². The second kappa shape index (κ2) is 9.11. The minimum absolute atomic E-state index is 0.0461. The zero-order valence-corrected chi connectivity index (χ0v) is 15.7. The number of nitrogens with one attached hydrogen (secondary N) is 1. The van der Waals surface area contributed by atoms with Gasteiger partial charge >= 0.3 is 0 Å². The van der Waals surface area contributed by atoms with Gasteiger partial charge in [0.15, 0.2) is 0 Å². The summed E-state index contributed by atoms with van der Waals surface area (Å²) in [7, 11) is 0. The number of likely N-dealkylation sites (tertiary alicyclic amines) is 1. The minimum Gasteiger partial charge on any atom is -0.349 e. The van der Waals surface area contributed by atoms with Crippen LogP contribution in [0.2, 0.25) is 0 Å². The highest BCUT2D eigenvalue weighted by molar-refractivity contribution is 7.09. The maximum atomic E-state index is 12.2. The van der Waals surface area contributed by atoms with Crippen LogP contribution in [0.5, 0.6) is 0 Å². The van der Waals surface area contributed by atoms with Crippen molar-refractivity contribution in [3.63, 3.8) is 0 Å². The summed E-state index contributed by atoms with van der Waals surface area (Å²) in [6.45, 7) is 5.91. The van der Waals surface area contributed by atoms with Gasteiger partial charge in [0.2, 0.25) is 0 Å². The van der Waals surface area contributed by atoms with E-state index in [0.29, 0.717) is 18.2 Å². The van der Waals surface area contributed by atoms with E-state index in [0.717, 1.165) is 37.5 Å². The summed E-state index contributed by atoms with van der Waals surface area (Å²) in [5.41, 5.74) is 2.00. The molecule has 2 heterocycles. The summed E-state index contributed by atoms with van der Waals surface area (Å²) in [6.07, 6.45) is 4.49. The molecule has 5 heteroatoms. The highest BCUT2D eigenvalue weighted by Crippen LogP contribution is 2.26. The molecule has 3 rings (SSSR count). The van der Waals surface area contributed by atoms with Gasteiger partial charge in [-0.3, -0.25) is 4.79 Å². The van der Waals surface area contributed by atoms with E-state index in [1.807, 2.05) is 5.38 Å². The van der Waals surface area contributed by atoms with Gasteiger partial charge in [-0.05, 0) is 43.7 Å². The highest BCUT2D eigenvalue weighted by atomic mass is 32.1. The lowest BCUT2D eigenvalue weighted by Gasteiger charge is -2.33. The first-order chi connectivity index (χ1) is 12.3. The van der Waals surface area contributed by atoms with Crippen LogP contribution in [0.1, 0.15) is 53.2 Å². The predicted molar refractivity (Wildman–Crippen MR) is 103 cm³/mol. The molecule has 1 N–H and O–H groups in total. The molecule has 0 saturated carbocycles. The molecule has 1 fully saturated rings. The van der Waals surface area contributed by atoms with E-state index in [1.54, 1.807) is 11.3 Å². The number of carbonyl (C=O) groups is 1. The Hall–Kier alpha value is -1.72. The molecule has 25 heavy (non-hydrogen) atoms. The van der Waals surface area contributed by atoms with E-state index in [-0.39, 0.29) is 5.91 Å². The van der Waals surface area contributed by atoms with Crippen LogP contribution < -0.4 is 5.32 Å². The van der Waals surface area contributed by atoms with Crippen molar-refractivity contribution in [2.75, 3.05) is 26.2 Å². The van der Waals surface area contributed by atoms with Crippen LogP contribution in [0.3, 0.4) is 0 Å². The third-order valence-corrected chi connectivity index (χ3v) is 5.65. The van der Waals surface area contributed by atoms with Gasteiger partial charge in [-0.1, -0.05) is 37.3 Å². The van der Waals surface area contributed by atoms with E-state index >= 15 is 0 Å². The molecule has 0 aliphatic carbocycles. The SMILES string of the molecule is CCCc1nc(C(=O)NCCN2CCCC(c3ccccc3)C2)cs1. The third-order valence-electron chi connectivity index (χ3n) is 4.74. The predicted octanol–water partition coefficient (Wildman–Crippen LogP) is 3.71. The number of piperidine rings is 1. The number of aryl methyl sites for hydroxylation is 1. The molecule has 1 atom stereocenters. The molecule has 1 aromatic heterocycles. The lowest BCUT2D eigenvalue weighted by Crippen LogP contribution is -2.40. The molecule has 4 nitrogen and oxygen atoms in total. The van der Waals surface area contributed by atoms with Gasteiger partial charge in [-0.2, -0.15) is 0 Å². The zero-order chi connectivity index (χ0) is 17.5. The lowest BCUT2D eigenvalue weighted by molar-refractivity contribution is 0.0941. The molecule has 0 radical (unpaired) electrons. The standard InChI is InChI=1S/C20H27N3OS/c1-2-7-19-22-18(15-25-19)20(24)21-11-13-23-12-6-10-17(14-23)16-8-4-3-5-9-16/h3-5,8-9,15,17H,2,6-7,10-14H2,1H3,(H,21,24). The normalized spacial score (nSPS) is 18.2. The number of hydrogen-bond donors (Lipinski definition) is 1. The average Bonchev–Trinajstić information content (AvgIpc) is 3.12. The van der Waals surface area contributed by atoms with Gasteiger partial charge in [0.25, 0.3) is 5.91 Å². The fourth-order valence-corrected chi connectivity index (χ4v) is 4.30. The minimum atomic E-state index is -0.0461. The second-order valence-corrected chi connectivity index (χ2v) is 7.63. The Morgan fingerprint density at radius 2 is 2.20 bits per heavy atom. The van der Waals surface area contributed by atoms with Crippen molar-refractivity contribution in [2.24, 2.45) is 0 Å². The molecule has 2 aromatic rings. The van der Waals surface area contributed by atoms with Gasteiger partial charge in [0.1, 0.15) is 5.69 Å². The average molecular weight is 358 g/mol. The highest BCUT2D eigenvalue weighted by Gasteiger charge is 2.21. The summed E-state index contributed by atoms with van der Waals surface area (Å²) in [6, 6.07) is 10.8. The fourth-order valence-electron chi connectivity index (χ4n) is 3.42. The number of thiazole rings is 1. The van der Waals surface area contributed by atoms with Crippen molar-refractivity contribution in [1.29, 1.82) is 0 Å². The van der Waals surface area contributed by atoms with Crippen LogP contribution in [-0.4, -0.2) is 42.0 Å². The van der Waals surface area contributed by atoms with Crippen LogP contribution in [0.15, 0.2) is 35.7 Å². The molecule has 134 valence electrons. The second-order valence-electron chi connectivity index (χ2n) is 6.68. The Kier molecular flexibility index (Phi) is 6.59. The number of rotatable bonds is 7. The van der Waals surface area contributed by atoms with Gasteiger partial charge in [-0.25, -0.2) is 4.98 Å². The van der Waals surface area contributed by atoms with Gasteiger partial charge in [0, 0.05) is 25.0 Å². The van der Waals surface area contributed by atoms with Crippen LogP contribution in [-0.2, 0) is 6.42 Å². The number of nitrogens with zero attached hydrogens (tertiary/aromatic N) is 2. The zero-order valence-electron chi connectivity index (χ0n) is 14.9. The summed E-state index contributed by atoms with van der Waals surface area (Å²) >= 11 is 1.58. The Morgan fingerprint density at radius 1 is 1.36 bits per heavy atom. The maximum Gasteiger partial charge on any atom is 0.270 e. The van der Waals surface area contributed by atoms with E-state index < -0.39 is 0 Å². The molecule has 0 bridgehead atoms. The van der Waals surface area contributed by atoms with Crippen LogP contribution in [0.4, 0.5) is 0 Å². The van der Waals surface area contributed by atoms with E-state index in [9.17, 15) is 4.79 Å². The molecule has 1 unspecified atom stereocenters. The van der Waals surface area contributed by atoms with Gasteiger partial charge in [-0.15, -0.1) is 11.3 Å². The molecule has 1 amide bonds. The van der Waals surface area contributed by atoms with E-state index in [2.05, 4.69) is 52.5 Å². The Bertz CT molecular complexity index is 671. The molecule has 1 aromatic carbocycles. The van der Waals surface area contributed by atoms with E-state index in [4.69, 9.17) is 0 Å². The third kappa shape index (κ3) is 5.13. The fraction of sp³-hybridized carbons (Fsp3) is 0.500. The van der Waals surface area contributed by atoms with Crippen molar-refractivity contribution in [1.82, 2.24) is 15.2 Å². The number of carbonyl (C=O) groups excluding carboxylic acids is 1. The first kappa shape index (κ1) is 18.1. The Morgan fingerprint density at radius 3 is 3.00 bits per heavy atom. The first-order valence-corrected chi connectivity index (χ1v) is 10.1. The lowest BCUT2D eigenvalue weighted by atomic mass is 9.91. The number of hydrogen-bond acceptors (Lipinski definition) is 4. The van der Waals surface area contributed by atoms with E-state index in [1.165, 1.54) is 18.4 Å². The number of amides is 1. The Labute approximate surface area is 154 Å². The largest absolute Gasteiger partial charge is 0.349 e. The summed E-state index contributed by atoms with van der Waals surface area (Å²) in [5, 5.41) is 5.94. The van der Waals surface area contributed by atoms with Crippen molar-refractivity contribution in [3.8, 4) is 0 Å². The first-order valence-electron chi connectivity index (χ1n) is 9.26.